The van der Waals surface area contributed by atoms with E-state index in [4.69, 9.17) is 0 Å². The molecule has 1 N–H and O–H groups in total. The second-order valence-corrected chi connectivity index (χ2v) is 3.85. The Bertz CT molecular complexity index is 301. The van der Waals surface area contributed by atoms with E-state index < -0.39 is 0 Å². The van der Waals surface area contributed by atoms with E-state index in [2.05, 4.69) is 21.8 Å². The highest BCUT2D eigenvalue weighted by atomic mass is 32.1. The Morgan fingerprint density at radius 2 is 2.50 bits per heavy atom. The zero-order valence-electron chi connectivity index (χ0n) is 7.13. The highest BCUT2D eigenvalue weighted by Crippen LogP contribution is 2.20. The Morgan fingerprint density at radius 3 is 3.08 bits per heavy atom. The fraction of sp³-hybridized carbons (Fsp3) is 0.444. The van der Waals surface area contributed by atoms with Gasteiger partial charge >= 0.3 is 0 Å². The Balaban J connectivity index is 2.23. The third kappa shape index (κ3) is 1.57. The molecule has 0 fully saturated rings. The van der Waals surface area contributed by atoms with Crippen molar-refractivity contribution in [2.45, 2.75) is 13.3 Å². The average Bonchev–Trinajstić information content (AvgIpc) is 2.54. The highest BCUT2D eigenvalue weighted by Gasteiger charge is 2.07. The van der Waals surface area contributed by atoms with Crippen LogP contribution in [0.4, 0.5) is 0 Å². The zero-order valence-corrected chi connectivity index (χ0v) is 7.95. The van der Waals surface area contributed by atoms with Crippen LogP contribution >= 0.6 is 11.3 Å². The van der Waals surface area contributed by atoms with E-state index in [1.165, 1.54) is 10.6 Å². The van der Waals surface area contributed by atoms with E-state index in [1.54, 1.807) is 11.3 Å². The first-order valence-corrected chi connectivity index (χ1v) is 5.06. The number of aromatic nitrogens is 1. The van der Waals surface area contributed by atoms with Crippen LogP contribution in [0.25, 0.3) is 5.57 Å². The largest absolute Gasteiger partial charge is 0.312 e. The van der Waals surface area contributed by atoms with E-state index >= 15 is 0 Å². The lowest BCUT2D eigenvalue weighted by atomic mass is 10.1. The summed E-state index contributed by atoms with van der Waals surface area (Å²) in [6.07, 6.45) is 3.42. The molecule has 0 spiro atoms. The summed E-state index contributed by atoms with van der Waals surface area (Å²) in [6, 6.07) is 0. The van der Waals surface area contributed by atoms with Crippen LogP contribution in [0.15, 0.2) is 11.5 Å². The van der Waals surface area contributed by atoms with Gasteiger partial charge in [0.1, 0.15) is 5.01 Å². The van der Waals surface area contributed by atoms with Gasteiger partial charge in [-0.25, -0.2) is 4.98 Å². The van der Waals surface area contributed by atoms with E-state index in [0.29, 0.717) is 0 Å². The van der Waals surface area contributed by atoms with Gasteiger partial charge in [0.05, 0.1) is 0 Å². The van der Waals surface area contributed by atoms with Crippen LogP contribution in [-0.2, 0) is 0 Å². The fourth-order valence-electron chi connectivity index (χ4n) is 1.31. The molecule has 2 heterocycles. The second-order valence-electron chi connectivity index (χ2n) is 2.99. The maximum Gasteiger partial charge on any atom is 0.120 e. The quantitative estimate of drug-likeness (QED) is 0.713. The predicted octanol–water partition coefficient (Wildman–Crippen LogP) is 1.83. The van der Waals surface area contributed by atoms with Gasteiger partial charge in [-0.15, -0.1) is 11.3 Å². The van der Waals surface area contributed by atoms with Crippen molar-refractivity contribution in [1.82, 2.24) is 10.3 Å². The van der Waals surface area contributed by atoms with Crippen molar-refractivity contribution in [1.29, 1.82) is 0 Å². The van der Waals surface area contributed by atoms with Crippen molar-refractivity contribution in [2.75, 3.05) is 13.1 Å². The molecule has 12 heavy (non-hydrogen) atoms. The lowest BCUT2D eigenvalue weighted by molar-refractivity contribution is 0.738. The molecule has 64 valence electrons. The summed E-state index contributed by atoms with van der Waals surface area (Å²) in [5, 5.41) is 6.62. The van der Waals surface area contributed by atoms with Crippen molar-refractivity contribution < 1.29 is 0 Å². The first-order valence-electron chi connectivity index (χ1n) is 4.18. The first-order chi connectivity index (χ1) is 5.86. The molecule has 0 aliphatic carbocycles. The summed E-state index contributed by atoms with van der Waals surface area (Å²) < 4.78 is 0. The molecular formula is C9H12N2S. The van der Waals surface area contributed by atoms with Crippen LogP contribution < -0.4 is 5.32 Å². The van der Waals surface area contributed by atoms with Crippen molar-refractivity contribution >= 4 is 16.9 Å². The molecule has 1 aliphatic heterocycles. The Hall–Kier alpha value is -0.670. The summed E-state index contributed by atoms with van der Waals surface area (Å²) in [7, 11) is 0. The maximum atomic E-state index is 4.44. The Kier molecular flexibility index (Phi) is 2.23. The molecule has 0 saturated carbocycles. The van der Waals surface area contributed by atoms with E-state index in [0.717, 1.165) is 25.2 Å². The van der Waals surface area contributed by atoms with Crippen LogP contribution in [0.3, 0.4) is 0 Å². The smallest absolute Gasteiger partial charge is 0.120 e. The number of hydrogen-bond acceptors (Lipinski definition) is 3. The van der Waals surface area contributed by atoms with Gasteiger partial charge < -0.3 is 5.32 Å². The van der Waals surface area contributed by atoms with E-state index in [-0.39, 0.29) is 0 Å². The monoisotopic (exact) mass is 180 g/mol. The molecule has 1 aliphatic rings. The number of nitrogens with zero attached hydrogens (tertiary/aromatic N) is 1. The average molecular weight is 180 g/mol. The molecule has 0 aromatic carbocycles. The molecule has 0 atom stereocenters. The summed E-state index contributed by atoms with van der Waals surface area (Å²) in [6.45, 7) is 4.12. The minimum Gasteiger partial charge on any atom is -0.312 e. The molecule has 0 saturated heterocycles. The van der Waals surface area contributed by atoms with E-state index in [1.807, 2.05) is 6.92 Å². The Morgan fingerprint density at radius 1 is 1.58 bits per heavy atom. The van der Waals surface area contributed by atoms with Gasteiger partial charge in [-0.3, -0.25) is 0 Å². The standard InChI is InChI=1S/C9H12N2S/c1-7-6-12-9(11-7)8-3-2-4-10-5-8/h3,6,10H,2,4-5H2,1H3. The molecule has 1 aromatic rings. The summed E-state index contributed by atoms with van der Waals surface area (Å²) in [5.41, 5.74) is 2.49. The molecule has 2 rings (SSSR count). The molecule has 0 unspecified atom stereocenters. The normalized spacial score (nSPS) is 17.6. The number of thiazole rings is 1. The Labute approximate surface area is 76.3 Å². The van der Waals surface area contributed by atoms with Gasteiger partial charge in [0.15, 0.2) is 0 Å². The summed E-state index contributed by atoms with van der Waals surface area (Å²) in [5.74, 6) is 0. The topological polar surface area (TPSA) is 24.9 Å². The van der Waals surface area contributed by atoms with Gasteiger partial charge in [0.2, 0.25) is 0 Å². The summed E-state index contributed by atoms with van der Waals surface area (Å²) >= 11 is 1.74. The van der Waals surface area contributed by atoms with Gasteiger partial charge in [0.25, 0.3) is 0 Å². The van der Waals surface area contributed by atoms with Gasteiger partial charge in [0, 0.05) is 17.6 Å². The highest BCUT2D eigenvalue weighted by molar-refractivity contribution is 7.10. The van der Waals surface area contributed by atoms with Crippen molar-refractivity contribution in [3.05, 3.63) is 22.2 Å². The van der Waals surface area contributed by atoms with Gasteiger partial charge in [-0.2, -0.15) is 0 Å². The number of rotatable bonds is 1. The fourth-order valence-corrected chi connectivity index (χ4v) is 2.15. The van der Waals surface area contributed by atoms with Crippen molar-refractivity contribution in [2.24, 2.45) is 0 Å². The lowest BCUT2D eigenvalue weighted by Crippen LogP contribution is -2.21. The lowest BCUT2D eigenvalue weighted by Gasteiger charge is -2.11. The second kappa shape index (κ2) is 3.37. The van der Waals surface area contributed by atoms with Gasteiger partial charge in [-0.1, -0.05) is 6.08 Å². The van der Waals surface area contributed by atoms with Crippen molar-refractivity contribution in [3.8, 4) is 0 Å². The van der Waals surface area contributed by atoms with E-state index in [9.17, 15) is 0 Å². The number of aryl methyl sites for hydroxylation is 1. The minimum absolute atomic E-state index is 0.979. The molecule has 1 aromatic heterocycles. The summed E-state index contributed by atoms with van der Waals surface area (Å²) in [4.78, 5) is 4.44. The van der Waals surface area contributed by atoms with Crippen LogP contribution in [0.1, 0.15) is 17.1 Å². The molecular weight excluding hydrogens is 168 g/mol. The number of nitrogens with one attached hydrogen (secondary N) is 1. The van der Waals surface area contributed by atoms with Crippen LogP contribution in [0.2, 0.25) is 0 Å². The van der Waals surface area contributed by atoms with Gasteiger partial charge in [-0.05, 0) is 25.5 Å². The zero-order chi connectivity index (χ0) is 8.39. The van der Waals surface area contributed by atoms with Crippen LogP contribution in [-0.4, -0.2) is 18.1 Å². The first kappa shape index (κ1) is 7.95. The van der Waals surface area contributed by atoms with Crippen LogP contribution in [0, 0.1) is 6.92 Å². The predicted molar refractivity (Wildman–Crippen MR) is 52.3 cm³/mol. The van der Waals surface area contributed by atoms with Crippen LogP contribution in [0.5, 0.6) is 0 Å². The maximum absolute atomic E-state index is 4.44. The molecule has 0 radical (unpaired) electrons. The third-order valence-electron chi connectivity index (χ3n) is 1.92. The molecule has 2 nitrogen and oxygen atoms in total. The SMILES string of the molecule is Cc1csc(C2=CCCNC2)n1. The number of hydrogen-bond donors (Lipinski definition) is 1. The molecule has 0 amide bonds. The molecule has 3 heteroatoms. The third-order valence-corrected chi connectivity index (χ3v) is 2.96. The molecule has 0 bridgehead atoms. The minimum atomic E-state index is 0.979. The van der Waals surface area contributed by atoms with Crippen molar-refractivity contribution in [3.63, 3.8) is 0 Å².